The SMILES string of the molecule is CCOc1ccc2c(c1)CN(C(=O)CCNS(=O)(=O)c1ccc(C(C)(C)C)cc1)CC2. The second-order valence-corrected chi connectivity index (χ2v) is 10.6. The first kappa shape index (κ1) is 23.3. The second kappa shape index (κ2) is 9.40. The molecule has 0 bridgehead atoms. The summed E-state index contributed by atoms with van der Waals surface area (Å²) < 4.78 is 33.2. The second-order valence-electron chi connectivity index (χ2n) is 8.85. The first-order valence-electron chi connectivity index (χ1n) is 10.7. The van der Waals surface area contributed by atoms with Crippen molar-refractivity contribution in [2.75, 3.05) is 19.7 Å². The molecule has 0 radical (unpaired) electrons. The molecule has 0 spiro atoms. The van der Waals surface area contributed by atoms with Gasteiger partial charge in [0.15, 0.2) is 0 Å². The third kappa shape index (κ3) is 5.86. The molecule has 0 unspecified atom stereocenters. The lowest BCUT2D eigenvalue weighted by molar-refractivity contribution is -0.131. The predicted octanol–water partition coefficient (Wildman–Crippen LogP) is 3.64. The van der Waals surface area contributed by atoms with E-state index in [1.165, 1.54) is 5.56 Å². The lowest BCUT2D eigenvalue weighted by Crippen LogP contribution is -2.38. The first-order valence-corrected chi connectivity index (χ1v) is 12.2. The number of hydrogen-bond acceptors (Lipinski definition) is 4. The Morgan fingerprint density at radius 1 is 1.10 bits per heavy atom. The van der Waals surface area contributed by atoms with E-state index in [0.717, 1.165) is 23.3 Å². The van der Waals surface area contributed by atoms with Crippen molar-refractivity contribution in [1.82, 2.24) is 9.62 Å². The van der Waals surface area contributed by atoms with Crippen molar-refractivity contribution in [3.63, 3.8) is 0 Å². The van der Waals surface area contributed by atoms with Crippen LogP contribution in [0.25, 0.3) is 0 Å². The average Bonchev–Trinajstić information content (AvgIpc) is 2.72. The van der Waals surface area contributed by atoms with Crippen LogP contribution >= 0.6 is 0 Å². The van der Waals surface area contributed by atoms with Crippen LogP contribution in [0.15, 0.2) is 47.4 Å². The number of carbonyl (C=O) groups excluding carboxylic acids is 1. The summed E-state index contributed by atoms with van der Waals surface area (Å²) in [7, 11) is -3.65. The minimum atomic E-state index is -3.65. The van der Waals surface area contributed by atoms with Gasteiger partial charge in [0.1, 0.15) is 5.75 Å². The van der Waals surface area contributed by atoms with E-state index < -0.39 is 10.0 Å². The fourth-order valence-electron chi connectivity index (χ4n) is 3.67. The molecule has 0 saturated heterocycles. The smallest absolute Gasteiger partial charge is 0.240 e. The first-order chi connectivity index (χ1) is 14.6. The molecule has 1 aliphatic heterocycles. The van der Waals surface area contributed by atoms with Gasteiger partial charge in [0.2, 0.25) is 15.9 Å². The van der Waals surface area contributed by atoms with E-state index >= 15 is 0 Å². The van der Waals surface area contributed by atoms with E-state index in [1.807, 2.05) is 31.2 Å². The molecule has 1 heterocycles. The normalized spacial score (nSPS) is 14.3. The lowest BCUT2D eigenvalue weighted by Gasteiger charge is -2.29. The molecule has 0 aromatic heterocycles. The van der Waals surface area contributed by atoms with Gasteiger partial charge in [-0.05, 0) is 59.7 Å². The van der Waals surface area contributed by atoms with Crippen molar-refractivity contribution in [3.8, 4) is 5.75 Å². The van der Waals surface area contributed by atoms with Crippen LogP contribution in [0.4, 0.5) is 0 Å². The zero-order valence-corrected chi connectivity index (χ0v) is 19.6. The van der Waals surface area contributed by atoms with E-state index in [-0.39, 0.29) is 29.2 Å². The Morgan fingerprint density at radius 2 is 1.81 bits per heavy atom. The highest BCUT2D eigenvalue weighted by molar-refractivity contribution is 7.89. The highest BCUT2D eigenvalue weighted by atomic mass is 32.2. The van der Waals surface area contributed by atoms with Crippen LogP contribution in [0.2, 0.25) is 0 Å². The summed E-state index contributed by atoms with van der Waals surface area (Å²) in [6, 6.07) is 12.9. The molecule has 0 fully saturated rings. The van der Waals surface area contributed by atoms with Crippen LogP contribution in [0.1, 0.15) is 50.8 Å². The maximum absolute atomic E-state index is 12.7. The average molecular weight is 445 g/mol. The Morgan fingerprint density at radius 3 is 2.45 bits per heavy atom. The molecule has 31 heavy (non-hydrogen) atoms. The molecule has 1 amide bonds. The predicted molar refractivity (Wildman–Crippen MR) is 122 cm³/mol. The quantitative estimate of drug-likeness (QED) is 0.708. The number of benzene rings is 2. The van der Waals surface area contributed by atoms with E-state index in [1.54, 1.807) is 17.0 Å². The zero-order chi connectivity index (χ0) is 22.6. The van der Waals surface area contributed by atoms with Gasteiger partial charge < -0.3 is 9.64 Å². The molecule has 6 nitrogen and oxygen atoms in total. The number of fused-ring (bicyclic) bond motifs is 1. The Hall–Kier alpha value is -2.38. The monoisotopic (exact) mass is 444 g/mol. The number of rotatable bonds is 7. The molecule has 1 aliphatic rings. The van der Waals surface area contributed by atoms with Crippen molar-refractivity contribution in [3.05, 3.63) is 59.2 Å². The highest BCUT2D eigenvalue weighted by Crippen LogP contribution is 2.25. The largest absolute Gasteiger partial charge is 0.494 e. The van der Waals surface area contributed by atoms with E-state index in [0.29, 0.717) is 19.7 Å². The van der Waals surface area contributed by atoms with Crippen molar-refractivity contribution in [1.29, 1.82) is 0 Å². The summed E-state index contributed by atoms with van der Waals surface area (Å²) in [6.07, 6.45) is 0.916. The summed E-state index contributed by atoms with van der Waals surface area (Å²) >= 11 is 0. The fraction of sp³-hybridized carbons (Fsp3) is 0.458. The van der Waals surface area contributed by atoms with Crippen molar-refractivity contribution in [2.24, 2.45) is 0 Å². The van der Waals surface area contributed by atoms with Crippen LogP contribution in [0, 0.1) is 0 Å². The number of ether oxygens (including phenoxy) is 1. The van der Waals surface area contributed by atoms with Gasteiger partial charge in [0.05, 0.1) is 11.5 Å². The molecule has 3 rings (SSSR count). The van der Waals surface area contributed by atoms with E-state index in [4.69, 9.17) is 4.74 Å². The Labute approximate surface area is 185 Å². The highest BCUT2D eigenvalue weighted by Gasteiger charge is 2.22. The summed E-state index contributed by atoms with van der Waals surface area (Å²) in [6.45, 7) is 10.0. The van der Waals surface area contributed by atoms with Gasteiger partial charge in [-0.25, -0.2) is 13.1 Å². The lowest BCUT2D eigenvalue weighted by atomic mass is 9.87. The molecule has 2 aromatic rings. The van der Waals surface area contributed by atoms with Crippen molar-refractivity contribution >= 4 is 15.9 Å². The van der Waals surface area contributed by atoms with Crippen LogP contribution in [0.3, 0.4) is 0 Å². The van der Waals surface area contributed by atoms with Crippen LogP contribution < -0.4 is 9.46 Å². The minimum Gasteiger partial charge on any atom is -0.494 e. The van der Waals surface area contributed by atoms with Gasteiger partial charge in [-0.3, -0.25) is 4.79 Å². The standard InChI is InChI=1S/C24H32N2O4S/c1-5-30-21-9-6-18-13-15-26(17-19(18)16-21)23(27)12-14-25-31(28,29)22-10-7-20(8-11-22)24(2,3)4/h6-11,16,25H,5,12-15,17H2,1-4H3. The van der Waals surface area contributed by atoms with Gasteiger partial charge >= 0.3 is 0 Å². The third-order valence-corrected chi connectivity index (χ3v) is 6.99. The molecular formula is C24H32N2O4S. The molecule has 2 aromatic carbocycles. The number of amides is 1. The third-order valence-electron chi connectivity index (χ3n) is 5.52. The minimum absolute atomic E-state index is 0.0430. The van der Waals surface area contributed by atoms with Gasteiger partial charge in [-0.15, -0.1) is 0 Å². The van der Waals surface area contributed by atoms with E-state index in [9.17, 15) is 13.2 Å². The van der Waals surface area contributed by atoms with Gasteiger partial charge in [-0.1, -0.05) is 39.0 Å². The van der Waals surface area contributed by atoms with Crippen molar-refractivity contribution in [2.45, 2.75) is 57.4 Å². The molecule has 168 valence electrons. The Balaban J connectivity index is 1.55. The molecule has 1 N–H and O–H groups in total. The number of nitrogens with one attached hydrogen (secondary N) is 1. The number of sulfonamides is 1. The summed E-state index contributed by atoms with van der Waals surface area (Å²) in [4.78, 5) is 14.6. The molecule has 0 aliphatic carbocycles. The van der Waals surface area contributed by atoms with E-state index in [2.05, 4.69) is 31.6 Å². The number of nitrogens with zero attached hydrogens (tertiary/aromatic N) is 1. The molecular weight excluding hydrogens is 412 g/mol. The van der Waals surface area contributed by atoms with Crippen LogP contribution in [0.5, 0.6) is 5.75 Å². The molecule has 0 saturated carbocycles. The summed E-state index contributed by atoms with van der Waals surface area (Å²) in [5.74, 6) is 0.749. The maximum Gasteiger partial charge on any atom is 0.240 e. The van der Waals surface area contributed by atoms with Crippen molar-refractivity contribution < 1.29 is 17.9 Å². The van der Waals surface area contributed by atoms with Gasteiger partial charge in [0, 0.05) is 26.1 Å². The summed E-state index contributed by atoms with van der Waals surface area (Å²) in [5.41, 5.74) is 3.34. The van der Waals surface area contributed by atoms with Crippen LogP contribution in [-0.4, -0.2) is 38.9 Å². The molecule has 0 atom stereocenters. The maximum atomic E-state index is 12.7. The van der Waals surface area contributed by atoms with Gasteiger partial charge in [-0.2, -0.15) is 0 Å². The van der Waals surface area contributed by atoms with Gasteiger partial charge in [0.25, 0.3) is 0 Å². The topological polar surface area (TPSA) is 75.7 Å². The Kier molecular flexibility index (Phi) is 7.06. The number of hydrogen-bond donors (Lipinski definition) is 1. The zero-order valence-electron chi connectivity index (χ0n) is 18.8. The Bertz CT molecular complexity index is 1020. The summed E-state index contributed by atoms with van der Waals surface area (Å²) in [5, 5.41) is 0. The number of carbonyl (C=O) groups is 1. The fourth-order valence-corrected chi connectivity index (χ4v) is 4.70. The molecule has 7 heteroatoms. The van der Waals surface area contributed by atoms with Crippen LogP contribution in [-0.2, 0) is 33.2 Å².